The van der Waals surface area contributed by atoms with E-state index in [-0.39, 0.29) is 5.78 Å². The molecule has 0 N–H and O–H groups in total. The van der Waals surface area contributed by atoms with Crippen LogP contribution in [0.4, 0.5) is 0 Å². The van der Waals surface area contributed by atoms with Gasteiger partial charge in [0.15, 0.2) is 5.78 Å². The first-order chi connectivity index (χ1) is 7.20. The first kappa shape index (κ1) is 11.0. The second kappa shape index (κ2) is 4.58. The van der Waals surface area contributed by atoms with Crippen LogP contribution in [0.15, 0.2) is 6.20 Å². The van der Waals surface area contributed by atoms with Crippen molar-refractivity contribution in [3.05, 3.63) is 16.9 Å². The molecule has 2 heterocycles. The Hall–Kier alpha value is -0.480. The van der Waals surface area contributed by atoms with E-state index in [1.165, 1.54) is 6.92 Å². The molecular weight excluding hydrogens is 232 g/mol. The molecule has 1 saturated heterocycles. The highest BCUT2D eigenvalue weighted by atomic mass is 35.5. The van der Waals surface area contributed by atoms with Gasteiger partial charge in [-0.1, -0.05) is 11.6 Å². The number of hydrogen-bond acceptors (Lipinski definition) is 3. The van der Waals surface area contributed by atoms with Crippen LogP contribution in [0.25, 0.3) is 0 Å². The van der Waals surface area contributed by atoms with E-state index >= 15 is 0 Å². The molecule has 0 spiro atoms. The maximum Gasteiger partial charge on any atom is 0.164 e. The van der Waals surface area contributed by atoms with Gasteiger partial charge in [-0.3, -0.25) is 9.48 Å². The molecule has 15 heavy (non-hydrogen) atoms. The predicted octanol–water partition coefficient (Wildman–Crippen LogP) is 2.81. The lowest BCUT2D eigenvalue weighted by Crippen LogP contribution is -2.16. The van der Waals surface area contributed by atoms with Crippen LogP contribution in [0, 0.1) is 0 Å². The Labute approximate surface area is 98.2 Å². The smallest absolute Gasteiger partial charge is 0.164 e. The number of Topliss-reactive ketones (excluding diaryl/α,β-unsaturated/α-hetero) is 1. The molecule has 0 bridgehead atoms. The molecule has 5 heteroatoms. The average Bonchev–Trinajstić information content (AvgIpc) is 2.61. The van der Waals surface area contributed by atoms with Crippen LogP contribution in [0.1, 0.15) is 36.2 Å². The van der Waals surface area contributed by atoms with Gasteiger partial charge in [0, 0.05) is 0 Å². The summed E-state index contributed by atoms with van der Waals surface area (Å²) < 4.78 is 1.80. The highest BCUT2D eigenvalue weighted by Gasteiger charge is 2.21. The molecule has 1 aromatic rings. The van der Waals surface area contributed by atoms with Crippen LogP contribution < -0.4 is 0 Å². The summed E-state index contributed by atoms with van der Waals surface area (Å²) in [5.41, 5.74) is 0.537. The first-order valence-electron chi connectivity index (χ1n) is 5.02. The van der Waals surface area contributed by atoms with Gasteiger partial charge in [-0.15, -0.1) is 0 Å². The fourth-order valence-electron chi connectivity index (χ4n) is 1.77. The van der Waals surface area contributed by atoms with E-state index in [0.717, 1.165) is 24.3 Å². The summed E-state index contributed by atoms with van der Waals surface area (Å²) in [6, 6.07) is 0.367. The molecule has 0 amide bonds. The second-order valence-corrected chi connectivity index (χ2v) is 5.28. The summed E-state index contributed by atoms with van der Waals surface area (Å²) in [4.78, 5) is 11.2. The number of halogens is 1. The number of carbonyl (C=O) groups excluding carboxylic acids is 1. The minimum absolute atomic E-state index is 0.0172. The van der Waals surface area contributed by atoms with Crippen molar-refractivity contribution in [2.45, 2.75) is 25.8 Å². The molecule has 0 radical (unpaired) electrons. The van der Waals surface area contributed by atoms with Crippen LogP contribution in [-0.4, -0.2) is 27.1 Å². The van der Waals surface area contributed by atoms with Gasteiger partial charge in [-0.25, -0.2) is 0 Å². The van der Waals surface area contributed by atoms with Crippen molar-refractivity contribution in [2.24, 2.45) is 0 Å². The highest BCUT2D eigenvalue weighted by molar-refractivity contribution is 7.99. The Kier molecular flexibility index (Phi) is 3.36. The van der Waals surface area contributed by atoms with Crippen molar-refractivity contribution in [1.82, 2.24) is 9.78 Å². The maximum atomic E-state index is 11.2. The standard InChI is InChI=1S/C10H13ClN2OS/c1-7(14)9-6-12-13(10(9)11)8-2-4-15-5-3-8/h6,8H,2-5H2,1H3. The third-order valence-corrected chi connectivity index (χ3v) is 4.08. The van der Waals surface area contributed by atoms with Crippen molar-refractivity contribution < 1.29 is 4.79 Å². The van der Waals surface area contributed by atoms with Gasteiger partial charge in [-0.05, 0) is 31.3 Å². The summed E-state index contributed by atoms with van der Waals surface area (Å²) in [7, 11) is 0. The fraction of sp³-hybridized carbons (Fsp3) is 0.600. The SMILES string of the molecule is CC(=O)c1cnn(C2CCSCC2)c1Cl. The zero-order valence-corrected chi connectivity index (χ0v) is 10.1. The Morgan fingerprint density at radius 1 is 1.60 bits per heavy atom. The average molecular weight is 245 g/mol. The first-order valence-corrected chi connectivity index (χ1v) is 6.55. The number of rotatable bonds is 2. The lowest BCUT2D eigenvalue weighted by molar-refractivity contribution is 0.101. The largest absolute Gasteiger partial charge is 0.294 e. The molecule has 0 atom stereocenters. The Morgan fingerprint density at radius 3 is 2.80 bits per heavy atom. The molecule has 0 aromatic carbocycles. The number of thioether (sulfide) groups is 1. The van der Waals surface area contributed by atoms with Crippen molar-refractivity contribution in [1.29, 1.82) is 0 Å². The van der Waals surface area contributed by atoms with Gasteiger partial charge in [-0.2, -0.15) is 16.9 Å². The fourth-order valence-corrected chi connectivity index (χ4v) is 3.21. The lowest BCUT2D eigenvalue weighted by atomic mass is 10.1. The monoisotopic (exact) mass is 244 g/mol. The molecule has 0 saturated carbocycles. The van der Waals surface area contributed by atoms with Crippen LogP contribution >= 0.6 is 23.4 Å². The number of ketones is 1. The molecule has 3 nitrogen and oxygen atoms in total. The maximum absolute atomic E-state index is 11.2. The van der Waals surface area contributed by atoms with Crippen LogP contribution in [0.5, 0.6) is 0 Å². The zero-order chi connectivity index (χ0) is 10.8. The molecule has 1 aromatic heterocycles. The highest BCUT2D eigenvalue weighted by Crippen LogP contribution is 2.30. The molecule has 0 unspecified atom stereocenters. The van der Waals surface area contributed by atoms with Crippen molar-refractivity contribution in [2.75, 3.05) is 11.5 Å². The Morgan fingerprint density at radius 2 is 2.27 bits per heavy atom. The van der Waals surface area contributed by atoms with E-state index in [4.69, 9.17) is 11.6 Å². The zero-order valence-electron chi connectivity index (χ0n) is 8.57. The quantitative estimate of drug-likeness (QED) is 0.751. The van der Waals surface area contributed by atoms with Gasteiger partial charge in [0.25, 0.3) is 0 Å². The van der Waals surface area contributed by atoms with Crippen LogP contribution in [0.3, 0.4) is 0 Å². The summed E-state index contributed by atoms with van der Waals surface area (Å²) in [5, 5.41) is 4.71. The van der Waals surface area contributed by atoms with Gasteiger partial charge in [0.2, 0.25) is 0 Å². The van der Waals surface area contributed by atoms with E-state index in [9.17, 15) is 4.79 Å². The predicted molar refractivity (Wildman–Crippen MR) is 62.8 cm³/mol. The normalized spacial score (nSPS) is 18.0. The van der Waals surface area contributed by atoms with Crippen molar-refractivity contribution in [3.8, 4) is 0 Å². The third kappa shape index (κ3) is 2.21. The van der Waals surface area contributed by atoms with E-state index < -0.39 is 0 Å². The number of hydrogen-bond donors (Lipinski definition) is 0. The number of aromatic nitrogens is 2. The lowest BCUT2D eigenvalue weighted by Gasteiger charge is -2.22. The summed E-state index contributed by atoms with van der Waals surface area (Å²) in [6.45, 7) is 1.52. The Bertz CT molecular complexity index is 371. The van der Waals surface area contributed by atoms with Gasteiger partial charge in [0.1, 0.15) is 5.15 Å². The van der Waals surface area contributed by atoms with E-state index in [1.54, 1.807) is 10.9 Å². The van der Waals surface area contributed by atoms with Gasteiger partial charge >= 0.3 is 0 Å². The van der Waals surface area contributed by atoms with E-state index in [0.29, 0.717) is 16.8 Å². The molecule has 1 aliphatic rings. The van der Waals surface area contributed by atoms with E-state index in [2.05, 4.69) is 5.10 Å². The van der Waals surface area contributed by atoms with Crippen molar-refractivity contribution >= 4 is 29.1 Å². The molecule has 82 valence electrons. The summed E-state index contributed by atoms with van der Waals surface area (Å²) in [6.07, 6.45) is 3.75. The van der Waals surface area contributed by atoms with Crippen molar-refractivity contribution in [3.63, 3.8) is 0 Å². The minimum atomic E-state index is -0.0172. The summed E-state index contributed by atoms with van der Waals surface area (Å²) >= 11 is 8.09. The van der Waals surface area contributed by atoms with Gasteiger partial charge in [0.05, 0.1) is 17.8 Å². The summed E-state index contributed by atoms with van der Waals surface area (Å²) in [5.74, 6) is 2.28. The topological polar surface area (TPSA) is 34.9 Å². The molecular formula is C10H13ClN2OS. The van der Waals surface area contributed by atoms with Crippen LogP contribution in [-0.2, 0) is 0 Å². The molecule has 1 fully saturated rings. The van der Waals surface area contributed by atoms with Crippen LogP contribution in [0.2, 0.25) is 5.15 Å². The number of carbonyl (C=O) groups is 1. The third-order valence-electron chi connectivity index (χ3n) is 2.65. The molecule has 1 aliphatic heterocycles. The van der Waals surface area contributed by atoms with Gasteiger partial charge < -0.3 is 0 Å². The number of nitrogens with zero attached hydrogens (tertiary/aromatic N) is 2. The molecule has 0 aliphatic carbocycles. The van der Waals surface area contributed by atoms with E-state index in [1.807, 2.05) is 11.8 Å². The second-order valence-electron chi connectivity index (χ2n) is 3.69. The Balaban J connectivity index is 2.24. The molecule has 2 rings (SSSR count). The minimum Gasteiger partial charge on any atom is -0.294 e.